The van der Waals surface area contributed by atoms with Gasteiger partial charge in [0.05, 0.1) is 0 Å². The van der Waals surface area contributed by atoms with Crippen molar-refractivity contribution in [2.75, 3.05) is 14.2 Å². The molecule has 0 N–H and O–H groups in total. The number of hydrogen-bond donors (Lipinski definition) is 0. The van der Waals surface area contributed by atoms with E-state index in [2.05, 4.69) is 0 Å². The molecule has 2 aromatic carbocycles. The van der Waals surface area contributed by atoms with E-state index < -0.39 is 15.3 Å². The van der Waals surface area contributed by atoms with Crippen LogP contribution in [0, 0.1) is 0 Å². The van der Waals surface area contributed by atoms with Crippen LogP contribution in [0.25, 0.3) is 0 Å². The zero-order valence-corrected chi connectivity index (χ0v) is 16.9. The summed E-state index contributed by atoms with van der Waals surface area (Å²) in [6.45, 7) is 1.84. The van der Waals surface area contributed by atoms with E-state index in [9.17, 15) is 0 Å². The molecule has 22 heavy (non-hydrogen) atoms. The van der Waals surface area contributed by atoms with Crippen molar-refractivity contribution in [3.05, 3.63) is 60.7 Å². The minimum absolute atomic E-state index is 1.07. The highest BCUT2D eigenvalue weighted by molar-refractivity contribution is 7.50. The van der Waals surface area contributed by atoms with Crippen LogP contribution < -0.4 is 10.4 Å². The second-order valence-corrected chi connectivity index (χ2v) is 15.7. The maximum Gasteiger partial charge on any atom is 0.368 e. The summed E-state index contributed by atoms with van der Waals surface area (Å²) >= 11 is 11.9. The average Bonchev–Trinajstić information content (AvgIpc) is 2.55. The van der Waals surface area contributed by atoms with Gasteiger partial charge >= 0.3 is 8.56 Å². The van der Waals surface area contributed by atoms with Gasteiger partial charge in [-0.2, -0.15) is 0 Å². The van der Waals surface area contributed by atoms with E-state index in [0.717, 1.165) is 10.4 Å². The molecule has 0 unspecified atom stereocenters. The van der Waals surface area contributed by atoms with Crippen LogP contribution in [0.1, 0.15) is 0 Å². The Bertz CT molecular complexity index is 541. The van der Waals surface area contributed by atoms with Crippen LogP contribution in [-0.4, -0.2) is 29.5 Å². The Labute approximate surface area is 144 Å². The van der Waals surface area contributed by atoms with Gasteiger partial charge in [-0.3, -0.25) is 0 Å². The Balaban J connectivity index is 0.000000224. The monoisotopic (exact) mass is 372 g/mol. The molecule has 0 heterocycles. The van der Waals surface area contributed by atoms with E-state index >= 15 is 0 Å². The minimum Gasteiger partial charge on any atom is -0.394 e. The second-order valence-electron chi connectivity index (χ2n) is 4.97. The molecule has 0 bridgehead atoms. The van der Waals surface area contributed by atoms with Crippen molar-refractivity contribution in [3.8, 4) is 0 Å². The standard InChI is InChI=1S/C9H14O2Si.C7H8Cl2Si/c1-10-12(3,11-2)9-7-5-4-6-8-9;1-10(8,9)7-5-3-2-4-6-7/h4-8H,1-3H3;2-6H,1H3. The highest BCUT2D eigenvalue weighted by atomic mass is 35.7. The third-order valence-corrected chi connectivity index (χ3v) is 8.95. The van der Waals surface area contributed by atoms with Crippen molar-refractivity contribution in [3.63, 3.8) is 0 Å². The maximum atomic E-state index is 5.96. The quantitative estimate of drug-likeness (QED) is 0.601. The lowest BCUT2D eigenvalue weighted by atomic mass is 10.4. The second kappa shape index (κ2) is 8.86. The maximum absolute atomic E-state index is 5.96. The number of hydrogen-bond acceptors (Lipinski definition) is 2. The molecule has 0 saturated heterocycles. The third-order valence-electron chi connectivity index (χ3n) is 3.36. The number of halogens is 2. The average molecular weight is 373 g/mol. The number of benzene rings is 2. The predicted octanol–water partition coefficient (Wildman–Crippen LogP) is 3.70. The first-order valence-corrected chi connectivity index (χ1v) is 13.8. The molecule has 0 aliphatic rings. The first-order valence-electron chi connectivity index (χ1n) is 6.92. The summed E-state index contributed by atoms with van der Waals surface area (Å²) in [6, 6.07) is 19.9. The molecule has 0 radical (unpaired) electrons. The molecule has 2 rings (SSSR count). The molecular formula is C16H22Cl2O2Si2. The Morgan fingerprint density at radius 2 is 1.05 bits per heavy atom. The van der Waals surface area contributed by atoms with Gasteiger partial charge in [0.15, 0.2) is 0 Å². The van der Waals surface area contributed by atoms with E-state index in [1.54, 1.807) is 14.2 Å². The fourth-order valence-corrected chi connectivity index (χ4v) is 4.76. The van der Waals surface area contributed by atoms with Crippen LogP contribution in [0.2, 0.25) is 13.1 Å². The van der Waals surface area contributed by atoms with Gasteiger partial charge in [0.2, 0.25) is 0 Å². The smallest absolute Gasteiger partial charge is 0.368 e. The summed E-state index contributed by atoms with van der Waals surface area (Å²) in [5, 5.41) is 2.23. The predicted molar refractivity (Wildman–Crippen MR) is 101 cm³/mol. The van der Waals surface area contributed by atoms with Crippen LogP contribution >= 0.6 is 22.2 Å². The normalized spacial score (nSPS) is 11.5. The molecule has 2 nitrogen and oxygen atoms in total. The van der Waals surface area contributed by atoms with Gasteiger partial charge in [0.25, 0.3) is 6.69 Å². The molecule has 0 aliphatic heterocycles. The highest BCUT2D eigenvalue weighted by Crippen LogP contribution is 2.12. The van der Waals surface area contributed by atoms with Gasteiger partial charge in [-0.25, -0.2) is 0 Å². The molecular weight excluding hydrogens is 351 g/mol. The Morgan fingerprint density at radius 1 is 0.682 bits per heavy atom. The van der Waals surface area contributed by atoms with Crippen LogP contribution in [0.15, 0.2) is 60.7 Å². The topological polar surface area (TPSA) is 18.5 Å². The Hall–Kier alpha value is -0.626. The summed E-state index contributed by atoms with van der Waals surface area (Å²) in [7, 11) is 1.32. The molecule has 0 aromatic heterocycles. The van der Waals surface area contributed by atoms with E-state index in [1.807, 2.05) is 73.8 Å². The molecule has 0 fully saturated rings. The van der Waals surface area contributed by atoms with Gasteiger partial charge in [0, 0.05) is 14.2 Å². The summed E-state index contributed by atoms with van der Waals surface area (Å²) in [6.07, 6.45) is 0. The molecule has 0 atom stereocenters. The summed E-state index contributed by atoms with van der Waals surface area (Å²) in [5.74, 6) is 0. The Kier molecular flexibility index (Phi) is 7.82. The van der Waals surface area contributed by atoms with Gasteiger partial charge < -0.3 is 8.85 Å². The molecule has 6 heteroatoms. The summed E-state index contributed by atoms with van der Waals surface area (Å²) in [5.41, 5.74) is 0. The number of rotatable bonds is 4. The van der Waals surface area contributed by atoms with E-state index in [0.29, 0.717) is 0 Å². The molecule has 2 aromatic rings. The van der Waals surface area contributed by atoms with Crippen LogP contribution in [0.5, 0.6) is 0 Å². The van der Waals surface area contributed by atoms with E-state index in [1.165, 1.54) is 0 Å². The van der Waals surface area contributed by atoms with Crippen molar-refractivity contribution in [1.29, 1.82) is 0 Å². The van der Waals surface area contributed by atoms with Crippen LogP contribution in [0.3, 0.4) is 0 Å². The molecule has 0 aliphatic carbocycles. The van der Waals surface area contributed by atoms with Crippen LogP contribution in [-0.2, 0) is 8.85 Å². The van der Waals surface area contributed by atoms with E-state index in [4.69, 9.17) is 31.0 Å². The lowest BCUT2D eigenvalue weighted by Gasteiger charge is -2.22. The lowest BCUT2D eigenvalue weighted by molar-refractivity contribution is 0.265. The largest absolute Gasteiger partial charge is 0.394 e. The van der Waals surface area contributed by atoms with Crippen molar-refractivity contribution >= 4 is 47.8 Å². The lowest BCUT2D eigenvalue weighted by Crippen LogP contribution is -2.49. The van der Waals surface area contributed by atoms with Gasteiger partial charge in [-0.15, -0.1) is 22.2 Å². The molecule has 0 amide bonds. The Morgan fingerprint density at radius 3 is 1.32 bits per heavy atom. The third kappa shape index (κ3) is 5.87. The first kappa shape index (κ1) is 19.4. The first-order chi connectivity index (χ1) is 10.3. The van der Waals surface area contributed by atoms with Crippen molar-refractivity contribution in [2.24, 2.45) is 0 Å². The summed E-state index contributed by atoms with van der Waals surface area (Å²) in [4.78, 5) is 0. The highest BCUT2D eigenvalue weighted by Gasteiger charge is 2.30. The van der Waals surface area contributed by atoms with Crippen molar-refractivity contribution in [1.82, 2.24) is 0 Å². The zero-order valence-electron chi connectivity index (χ0n) is 13.3. The summed E-state index contributed by atoms with van der Waals surface area (Å²) < 4.78 is 10.8. The van der Waals surface area contributed by atoms with Crippen LogP contribution in [0.4, 0.5) is 0 Å². The van der Waals surface area contributed by atoms with Gasteiger partial charge in [-0.05, 0) is 23.5 Å². The fraction of sp³-hybridized carbons (Fsp3) is 0.250. The SMILES string of the molecule is CO[Si](C)(OC)c1ccccc1.C[Si](Cl)(Cl)c1ccccc1. The van der Waals surface area contributed by atoms with Gasteiger partial charge in [0.1, 0.15) is 0 Å². The van der Waals surface area contributed by atoms with E-state index in [-0.39, 0.29) is 0 Å². The molecule has 120 valence electrons. The van der Waals surface area contributed by atoms with Gasteiger partial charge in [-0.1, -0.05) is 60.7 Å². The fourth-order valence-electron chi connectivity index (χ4n) is 1.79. The minimum atomic E-state index is -2.09. The van der Waals surface area contributed by atoms with Crippen molar-refractivity contribution < 1.29 is 8.85 Å². The zero-order chi connectivity index (χ0) is 16.6. The molecule has 0 spiro atoms. The van der Waals surface area contributed by atoms with Crippen molar-refractivity contribution in [2.45, 2.75) is 13.1 Å². The molecule has 0 saturated carbocycles.